The highest BCUT2D eigenvalue weighted by Gasteiger charge is 2.16. The lowest BCUT2D eigenvalue weighted by Gasteiger charge is -2.19. The number of carbonyl (C=O) groups excluding carboxylic acids is 1. The van der Waals surface area contributed by atoms with Gasteiger partial charge < -0.3 is 19.1 Å². The lowest BCUT2D eigenvalue weighted by Crippen LogP contribution is -2.27. The minimum Gasteiger partial charge on any atom is -0.493 e. The standard InChI is InChI=1S/C19H22ClNO4/c1-21(12-13-5-7-15(20)8-6-13)18(22)11-14-9-16(23-2)19(25-4)17(10-14)24-3/h5-10H,11-12H2,1-4H3. The lowest BCUT2D eigenvalue weighted by atomic mass is 10.1. The van der Waals surface area contributed by atoms with Gasteiger partial charge in [0, 0.05) is 18.6 Å². The fourth-order valence-corrected chi connectivity index (χ4v) is 2.62. The number of hydrogen-bond acceptors (Lipinski definition) is 4. The van der Waals surface area contributed by atoms with Crippen LogP contribution in [-0.2, 0) is 17.8 Å². The second-order valence-electron chi connectivity index (χ2n) is 5.59. The van der Waals surface area contributed by atoms with Gasteiger partial charge in [-0.3, -0.25) is 4.79 Å². The highest BCUT2D eigenvalue weighted by atomic mass is 35.5. The summed E-state index contributed by atoms with van der Waals surface area (Å²) in [7, 11) is 6.42. The van der Waals surface area contributed by atoms with E-state index in [1.54, 1.807) is 45.4 Å². The van der Waals surface area contributed by atoms with Gasteiger partial charge in [-0.05, 0) is 35.4 Å². The van der Waals surface area contributed by atoms with Gasteiger partial charge in [-0.1, -0.05) is 23.7 Å². The normalized spacial score (nSPS) is 10.3. The quantitative estimate of drug-likeness (QED) is 0.754. The molecule has 0 aliphatic heterocycles. The predicted octanol–water partition coefficient (Wildman–Crippen LogP) is 3.57. The zero-order valence-electron chi connectivity index (χ0n) is 14.8. The zero-order valence-corrected chi connectivity index (χ0v) is 15.6. The van der Waals surface area contributed by atoms with Gasteiger partial charge in [-0.15, -0.1) is 0 Å². The Morgan fingerprint density at radius 3 is 2.00 bits per heavy atom. The van der Waals surface area contributed by atoms with E-state index in [1.807, 2.05) is 24.3 Å². The first-order valence-corrected chi connectivity index (χ1v) is 8.13. The Balaban J connectivity index is 2.12. The highest BCUT2D eigenvalue weighted by Crippen LogP contribution is 2.38. The Kier molecular flexibility index (Phi) is 6.53. The van der Waals surface area contributed by atoms with Gasteiger partial charge in [0.05, 0.1) is 27.8 Å². The first-order chi connectivity index (χ1) is 12.0. The van der Waals surface area contributed by atoms with Crippen LogP contribution in [-0.4, -0.2) is 39.2 Å². The maximum Gasteiger partial charge on any atom is 0.227 e. The molecule has 2 aromatic carbocycles. The maximum absolute atomic E-state index is 12.5. The Hall–Kier alpha value is -2.40. The van der Waals surface area contributed by atoms with Crippen molar-refractivity contribution in [3.05, 3.63) is 52.5 Å². The molecule has 25 heavy (non-hydrogen) atoms. The van der Waals surface area contributed by atoms with Crippen molar-refractivity contribution < 1.29 is 19.0 Å². The van der Waals surface area contributed by atoms with Crippen molar-refractivity contribution in [1.29, 1.82) is 0 Å². The zero-order chi connectivity index (χ0) is 18.4. The molecule has 0 unspecified atom stereocenters. The molecule has 0 N–H and O–H groups in total. The number of methoxy groups -OCH3 is 3. The van der Waals surface area contributed by atoms with Crippen LogP contribution in [0.4, 0.5) is 0 Å². The second kappa shape index (κ2) is 8.62. The molecule has 2 rings (SSSR count). The predicted molar refractivity (Wildman–Crippen MR) is 97.7 cm³/mol. The molecular weight excluding hydrogens is 342 g/mol. The molecule has 0 radical (unpaired) electrons. The number of benzene rings is 2. The second-order valence-corrected chi connectivity index (χ2v) is 6.02. The molecule has 0 heterocycles. The summed E-state index contributed by atoms with van der Waals surface area (Å²) in [6, 6.07) is 11.0. The summed E-state index contributed by atoms with van der Waals surface area (Å²) in [6.07, 6.45) is 0.237. The first-order valence-electron chi connectivity index (χ1n) is 7.75. The maximum atomic E-state index is 12.5. The fraction of sp³-hybridized carbons (Fsp3) is 0.316. The highest BCUT2D eigenvalue weighted by molar-refractivity contribution is 6.30. The summed E-state index contributed by atoms with van der Waals surface area (Å²) in [5, 5.41) is 0.676. The minimum absolute atomic E-state index is 0.00998. The van der Waals surface area contributed by atoms with E-state index < -0.39 is 0 Å². The molecule has 0 saturated heterocycles. The van der Waals surface area contributed by atoms with Crippen LogP contribution in [0.25, 0.3) is 0 Å². The molecule has 2 aromatic rings. The van der Waals surface area contributed by atoms with Crippen molar-refractivity contribution in [3.8, 4) is 17.2 Å². The van der Waals surface area contributed by atoms with Crippen LogP contribution in [0.3, 0.4) is 0 Å². The summed E-state index contributed by atoms with van der Waals surface area (Å²) in [4.78, 5) is 14.2. The molecule has 0 aromatic heterocycles. The molecule has 6 heteroatoms. The van der Waals surface area contributed by atoms with Crippen LogP contribution < -0.4 is 14.2 Å². The van der Waals surface area contributed by atoms with E-state index in [4.69, 9.17) is 25.8 Å². The third kappa shape index (κ3) is 4.79. The molecule has 1 amide bonds. The smallest absolute Gasteiger partial charge is 0.227 e. The average molecular weight is 364 g/mol. The van der Waals surface area contributed by atoms with Crippen LogP contribution in [0, 0.1) is 0 Å². The molecule has 0 saturated carbocycles. The largest absolute Gasteiger partial charge is 0.493 e. The molecule has 0 atom stereocenters. The molecule has 0 aliphatic carbocycles. The molecular formula is C19H22ClNO4. The average Bonchev–Trinajstić information content (AvgIpc) is 2.62. The van der Waals surface area contributed by atoms with Crippen molar-refractivity contribution in [2.24, 2.45) is 0 Å². The number of likely N-dealkylation sites (N-methyl/N-ethyl adjacent to an activating group) is 1. The minimum atomic E-state index is -0.00998. The van der Waals surface area contributed by atoms with Crippen molar-refractivity contribution in [3.63, 3.8) is 0 Å². The van der Waals surface area contributed by atoms with Crippen molar-refractivity contribution >= 4 is 17.5 Å². The van der Waals surface area contributed by atoms with Crippen molar-refractivity contribution in [2.45, 2.75) is 13.0 Å². The summed E-state index contributed by atoms with van der Waals surface area (Å²) in [5.74, 6) is 1.56. The molecule has 0 aliphatic rings. The molecule has 134 valence electrons. The van der Waals surface area contributed by atoms with Gasteiger partial charge in [0.25, 0.3) is 0 Å². The fourth-order valence-electron chi connectivity index (χ4n) is 2.50. The van der Waals surface area contributed by atoms with Crippen LogP contribution in [0.15, 0.2) is 36.4 Å². The van der Waals surface area contributed by atoms with Crippen molar-refractivity contribution in [2.75, 3.05) is 28.4 Å². The van der Waals surface area contributed by atoms with Gasteiger partial charge in [0.2, 0.25) is 11.7 Å². The SMILES string of the molecule is COc1cc(CC(=O)N(C)Cc2ccc(Cl)cc2)cc(OC)c1OC. The summed E-state index contributed by atoms with van der Waals surface area (Å²) >= 11 is 5.89. The van der Waals surface area contributed by atoms with Crippen LogP contribution in [0.2, 0.25) is 5.02 Å². The summed E-state index contributed by atoms with van der Waals surface area (Å²) < 4.78 is 15.9. The van der Waals surface area contributed by atoms with E-state index in [2.05, 4.69) is 0 Å². The van der Waals surface area contributed by atoms with E-state index in [-0.39, 0.29) is 12.3 Å². The number of ether oxygens (including phenoxy) is 3. The summed E-state index contributed by atoms with van der Waals surface area (Å²) in [5.41, 5.74) is 1.81. The monoisotopic (exact) mass is 363 g/mol. The number of halogens is 1. The summed E-state index contributed by atoms with van der Waals surface area (Å²) in [6.45, 7) is 0.514. The number of amides is 1. The molecule has 5 nitrogen and oxygen atoms in total. The third-order valence-corrected chi connectivity index (χ3v) is 4.09. The van der Waals surface area contributed by atoms with Gasteiger partial charge in [0.15, 0.2) is 11.5 Å². The van der Waals surface area contributed by atoms with E-state index in [9.17, 15) is 4.79 Å². The Morgan fingerprint density at radius 1 is 0.960 bits per heavy atom. The number of rotatable bonds is 7. The van der Waals surface area contributed by atoms with E-state index in [0.717, 1.165) is 11.1 Å². The van der Waals surface area contributed by atoms with Gasteiger partial charge >= 0.3 is 0 Å². The lowest BCUT2D eigenvalue weighted by molar-refractivity contribution is -0.129. The van der Waals surface area contributed by atoms with Gasteiger partial charge in [-0.25, -0.2) is 0 Å². The number of carbonyl (C=O) groups is 1. The number of hydrogen-bond donors (Lipinski definition) is 0. The van der Waals surface area contributed by atoms with Gasteiger partial charge in [0.1, 0.15) is 0 Å². The topological polar surface area (TPSA) is 48.0 Å². The Labute approximate surface area is 153 Å². The van der Waals surface area contributed by atoms with E-state index in [1.165, 1.54) is 0 Å². The number of nitrogens with zero attached hydrogens (tertiary/aromatic N) is 1. The Bertz CT molecular complexity index is 706. The Morgan fingerprint density at radius 2 is 1.52 bits per heavy atom. The van der Waals surface area contributed by atoms with Gasteiger partial charge in [-0.2, -0.15) is 0 Å². The third-order valence-electron chi connectivity index (χ3n) is 3.84. The van der Waals surface area contributed by atoms with E-state index >= 15 is 0 Å². The first kappa shape index (κ1) is 18.9. The molecule has 0 fully saturated rings. The van der Waals surface area contributed by atoms with Crippen molar-refractivity contribution in [1.82, 2.24) is 4.90 Å². The van der Waals surface area contributed by atoms with Crippen LogP contribution >= 0.6 is 11.6 Å². The van der Waals surface area contributed by atoms with Crippen LogP contribution in [0.5, 0.6) is 17.2 Å². The molecule has 0 spiro atoms. The van der Waals surface area contributed by atoms with E-state index in [0.29, 0.717) is 28.8 Å². The van der Waals surface area contributed by atoms with Crippen LogP contribution in [0.1, 0.15) is 11.1 Å². The molecule has 0 bridgehead atoms.